The molecule has 0 spiro atoms. The van der Waals surface area contributed by atoms with Crippen molar-refractivity contribution in [2.45, 2.75) is 32.3 Å². The Morgan fingerprint density at radius 1 is 1.26 bits per heavy atom. The number of ether oxygens (including phenoxy) is 1. The molecule has 3 nitrogen and oxygen atoms in total. The molecule has 1 aliphatic rings. The predicted molar refractivity (Wildman–Crippen MR) is 77.0 cm³/mol. The Hall–Kier alpha value is -0.930. The van der Waals surface area contributed by atoms with Gasteiger partial charge in [-0.25, -0.2) is 0 Å². The van der Waals surface area contributed by atoms with Crippen LogP contribution in [0.2, 0.25) is 10.0 Å². The van der Waals surface area contributed by atoms with E-state index in [0.29, 0.717) is 15.8 Å². The van der Waals surface area contributed by atoms with Crippen LogP contribution < -0.4 is 4.74 Å². The van der Waals surface area contributed by atoms with Gasteiger partial charge < -0.3 is 9.64 Å². The summed E-state index contributed by atoms with van der Waals surface area (Å²) in [6, 6.07) is 4.98. The zero-order valence-electron chi connectivity index (χ0n) is 10.9. The van der Waals surface area contributed by atoms with Gasteiger partial charge in [0, 0.05) is 24.2 Å². The number of carbonyl (C=O) groups is 1. The molecule has 1 saturated heterocycles. The van der Waals surface area contributed by atoms with Crippen molar-refractivity contribution in [3.8, 4) is 5.75 Å². The summed E-state index contributed by atoms with van der Waals surface area (Å²) in [5, 5.41) is 1.000. The van der Waals surface area contributed by atoms with Gasteiger partial charge in [-0.05, 0) is 38.3 Å². The van der Waals surface area contributed by atoms with E-state index in [2.05, 4.69) is 0 Å². The maximum atomic E-state index is 12.2. The first kappa shape index (κ1) is 14.5. The lowest BCUT2D eigenvalue weighted by atomic mass is 10.1. The van der Waals surface area contributed by atoms with Gasteiger partial charge >= 0.3 is 0 Å². The number of carbonyl (C=O) groups excluding carboxylic acids is 1. The third-order valence-corrected chi connectivity index (χ3v) is 3.76. The summed E-state index contributed by atoms with van der Waals surface area (Å²) in [4.78, 5) is 14.1. The van der Waals surface area contributed by atoms with Crippen LogP contribution >= 0.6 is 23.2 Å². The largest absolute Gasteiger partial charge is 0.479 e. The van der Waals surface area contributed by atoms with E-state index < -0.39 is 6.10 Å². The van der Waals surface area contributed by atoms with Crippen LogP contribution in [0.5, 0.6) is 5.75 Å². The van der Waals surface area contributed by atoms with Gasteiger partial charge in [0.15, 0.2) is 6.10 Å². The average molecular weight is 302 g/mol. The fraction of sp³-hybridized carbons (Fsp3) is 0.500. The van der Waals surface area contributed by atoms with Crippen molar-refractivity contribution in [1.82, 2.24) is 4.90 Å². The monoisotopic (exact) mass is 301 g/mol. The van der Waals surface area contributed by atoms with Gasteiger partial charge in [0.1, 0.15) is 5.75 Å². The Kier molecular flexibility index (Phi) is 4.94. The van der Waals surface area contributed by atoms with Gasteiger partial charge in [0.2, 0.25) is 0 Å². The first-order valence-electron chi connectivity index (χ1n) is 6.48. The number of likely N-dealkylation sites (tertiary alicyclic amines) is 1. The molecule has 1 aromatic carbocycles. The Bertz CT molecular complexity index is 459. The topological polar surface area (TPSA) is 29.5 Å². The van der Waals surface area contributed by atoms with Crippen molar-refractivity contribution in [1.29, 1.82) is 0 Å². The standard InChI is InChI=1S/C14H17Cl2NO2/c1-10(14(18)17-7-3-2-4-8-17)19-13-9-11(15)5-6-12(13)16/h5-6,9-10H,2-4,7-8H2,1H3/t10-/m0/s1. The number of halogens is 2. The van der Waals surface area contributed by atoms with E-state index in [9.17, 15) is 4.79 Å². The lowest BCUT2D eigenvalue weighted by molar-refractivity contribution is -0.138. The Balaban J connectivity index is 2.01. The summed E-state index contributed by atoms with van der Waals surface area (Å²) in [6.07, 6.45) is 2.78. The molecule has 1 aliphatic heterocycles. The smallest absolute Gasteiger partial charge is 0.263 e. The molecule has 2 rings (SSSR count). The molecule has 0 saturated carbocycles. The van der Waals surface area contributed by atoms with Crippen LogP contribution in [0.1, 0.15) is 26.2 Å². The molecule has 0 aromatic heterocycles. The molecular weight excluding hydrogens is 285 g/mol. The molecule has 1 heterocycles. The van der Waals surface area contributed by atoms with E-state index in [1.54, 1.807) is 25.1 Å². The Morgan fingerprint density at radius 3 is 2.63 bits per heavy atom. The zero-order valence-corrected chi connectivity index (χ0v) is 12.4. The maximum Gasteiger partial charge on any atom is 0.263 e. The minimum Gasteiger partial charge on any atom is -0.479 e. The average Bonchev–Trinajstić information content (AvgIpc) is 2.43. The van der Waals surface area contributed by atoms with Crippen molar-refractivity contribution < 1.29 is 9.53 Å². The van der Waals surface area contributed by atoms with Crippen LogP contribution in [0.15, 0.2) is 18.2 Å². The second-order valence-electron chi connectivity index (χ2n) is 4.72. The summed E-state index contributed by atoms with van der Waals surface area (Å²) in [5.41, 5.74) is 0. The summed E-state index contributed by atoms with van der Waals surface area (Å²) in [6.45, 7) is 3.37. The second kappa shape index (κ2) is 6.49. The first-order valence-corrected chi connectivity index (χ1v) is 7.24. The highest BCUT2D eigenvalue weighted by atomic mass is 35.5. The van der Waals surface area contributed by atoms with Crippen LogP contribution in [0, 0.1) is 0 Å². The van der Waals surface area contributed by atoms with Gasteiger partial charge in [0.25, 0.3) is 5.91 Å². The van der Waals surface area contributed by atoms with Gasteiger partial charge in [-0.2, -0.15) is 0 Å². The van der Waals surface area contributed by atoms with Crippen molar-refractivity contribution >= 4 is 29.1 Å². The van der Waals surface area contributed by atoms with E-state index in [-0.39, 0.29) is 5.91 Å². The highest BCUT2D eigenvalue weighted by Gasteiger charge is 2.24. The van der Waals surface area contributed by atoms with Crippen LogP contribution in [-0.4, -0.2) is 30.0 Å². The Morgan fingerprint density at radius 2 is 1.95 bits per heavy atom. The minimum absolute atomic E-state index is 0.00995. The van der Waals surface area contributed by atoms with Crippen molar-refractivity contribution in [3.05, 3.63) is 28.2 Å². The molecule has 0 aliphatic carbocycles. The quantitative estimate of drug-likeness (QED) is 0.850. The van der Waals surface area contributed by atoms with E-state index in [0.717, 1.165) is 25.9 Å². The molecule has 0 bridgehead atoms. The van der Waals surface area contributed by atoms with E-state index >= 15 is 0 Å². The molecule has 0 unspecified atom stereocenters. The SMILES string of the molecule is C[C@H](Oc1cc(Cl)ccc1Cl)C(=O)N1CCCCC1. The summed E-state index contributed by atoms with van der Waals surface area (Å²) < 4.78 is 5.63. The molecule has 104 valence electrons. The zero-order chi connectivity index (χ0) is 13.8. The fourth-order valence-corrected chi connectivity index (χ4v) is 2.50. The third kappa shape index (κ3) is 3.77. The molecule has 1 fully saturated rings. The predicted octanol–water partition coefficient (Wildman–Crippen LogP) is 3.77. The number of rotatable bonds is 3. The lowest BCUT2D eigenvalue weighted by Gasteiger charge is -2.29. The molecular formula is C14H17Cl2NO2. The summed E-state index contributed by atoms with van der Waals surface area (Å²) >= 11 is 11.9. The van der Waals surface area contributed by atoms with Gasteiger partial charge in [0.05, 0.1) is 5.02 Å². The van der Waals surface area contributed by atoms with Gasteiger partial charge in [-0.3, -0.25) is 4.79 Å². The second-order valence-corrected chi connectivity index (χ2v) is 5.56. The maximum absolute atomic E-state index is 12.2. The highest BCUT2D eigenvalue weighted by Crippen LogP contribution is 2.28. The summed E-state index contributed by atoms with van der Waals surface area (Å²) in [5.74, 6) is 0.461. The van der Waals surface area contributed by atoms with Crippen LogP contribution in [0.25, 0.3) is 0 Å². The minimum atomic E-state index is -0.547. The molecule has 5 heteroatoms. The lowest BCUT2D eigenvalue weighted by Crippen LogP contribution is -2.43. The van der Waals surface area contributed by atoms with Crippen LogP contribution in [0.3, 0.4) is 0 Å². The van der Waals surface area contributed by atoms with Crippen LogP contribution in [0.4, 0.5) is 0 Å². The van der Waals surface area contributed by atoms with Crippen LogP contribution in [-0.2, 0) is 4.79 Å². The molecule has 1 atom stereocenters. The van der Waals surface area contributed by atoms with Crippen molar-refractivity contribution in [2.75, 3.05) is 13.1 Å². The van der Waals surface area contributed by atoms with Crippen molar-refractivity contribution in [3.63, 3.8) is 0 Å². The van der Waals surface area contributed by atoms with Gasteiger partial charge in [-0.15, -0.1) is 0 Å². The molecule has 19 heavy (non-hydrogen) atoms. The summed E-state index contributed by atoms with van der Waals surface area (Å²) in [7, 11) is 0. The number of amides is 1. The normalized spacial score (nSPS) is 17.1. The number of nitrogens with zero attached hydrogens (tertiary/aromatic N) is 1. The van der Waals surface area contributed by atoms with E-state index in [4.69, 9.17) is 27.9 Å². The third-order valence-electron chi connectivity index (χ3n) is 3.21. The fourth-order valence-electron chi connectivity index (χ4n) is 2.18. The highest BCUT2D eigenvalue weighted by molar-refractivity contribution is 6.34. The molecule has 0 radical (unpaired) electrons. The molecule has 0 N–H and O–H groups in total. The number of hydrogen-bond donors (Lipinski definition) is 0. The number of benzene rings is 1. The number of piperidine rings is 1. The number of hydrogen-bond acceptors (Lipinski definition) is 2. The van der Waals surface area contributed by atoms with E-state index in [1.165, 1.54) is 6.42 Å². The van der Waals surface area contributed by atoms with Crippen molar-refractivity contribution in [2.24, 2.45) is 0 Å². The first-order chi connectivity index (χ1) is 9.08. The molecule has 1 aromatic rings. The molecule has 1 amide bonds. The van der Waals surface area contributed by atoms with E-state index in [1.807, 2.05) is 4.90 Å². The van der Waals surface area contributed by atoms with Gasteiger partial charge in [-0.1, -0.05) is 23.2 Å². The Labute approximate surface area is 123 Å².